The van der Waals surface area contributed by atoms with Crippen LogP contribution in [-0.4, -0.2) is 30.7 Å². The minimum Gasteiger partial charge on any atom is -0.454 e. The lowest BCUT2D eigenvalue weighted by Gasteiger charge is -2.35. The molecule has 3 heterocycles. The van der Waals surface area contributed by atoms with Gasteiger partial charge in [0, 0.05) is 30.1 Å². The van der Waals surface area contributed by atoms with Crippen molar-refractivity contribution in [2.24, 2.45) is 0 Å². The second-order valence-corrected chi connectivity index (χ2v) is 8.28. The van der Waals surface area contributed by atoms with Crippen molar-refractivity contribution in [1.82, 2.24) is 10.2 Å². The second-order valence-electron chi connectivity index (χ2n) is 7.30. The van der Waals surface area contributed by atoms with Crippen molar-refractivity contribution in [1.29, 1.82) is 0 Å². The van der Waals surface area contributed by atoms with Crippen molar-refractivity contribution in [2.75, 3.05) is 19.9 Å². The summed E-state index contributed by atoms with van der Waals surface area (Å²) < 4.78 is 10.7. The zero-order valence-electron chi connectivity index (χ0n) is 16.0. The minimum atomic E-state index is -0.0951. The van der Waals surface area contributed by atoms with Crippen LogP contribution in [0.15, 0.2) is 60.0 Å². The van der Waals surface area contributed by atoms with Crippen LogP contribution in [-0.2, 0) is 13.0 Å². The van der Waals surface area contributed by atoms with E-state index in [2.05, 4.69) is 52.0 Å². The summed E-state index contributed by atoms with van der Waals surface area (Å²) in [7, 11) is 0. The Hall–Kier alpha value is -2.83. The zero-order valence-corrected chi connectivity index (χ0v) is 16.8. The number of hydrogen-bond acceptors (Lipinski definition) is 5. The van der Waals surface area contributed by atoms with Crippen molar-refractivity contribution >= 4 is 17.2 Å². The summed E-state index contributed by atoms with van der Waals surface area (Å²) in [5.74, 6) is 1.22. The lowest BCUT2D eigenvalue weighted by molar-refractivity contribution is 0.0928. The van der Waals surface area contributed by atoms with Crippen LogP contribution in [0, 0.1) is 0 Å². The maximum atomic E-state index is 12.8. The molecule has 1 aromatic heterocycles. The van der Waals surface area contributed by atoms with Crippen molar-refractivity contribution in [3.8, 4) is 11.5 Å². The molecule has 0 fully saturated rings. The summed E-state index contributed by atoms with van der Waals surface area (Å²) in [6.07, 6.45) is 1.04. The first-order valence-corrected chi connectivity index (χ1v) is 10.7. The number of carbonyl (C=O) groups excluding carboxylic acids is 1. The molecule has 1 amide bonds. The Morgan fingerprint density at radius 1 is 1.07 bits per heavy atom. The first-order chi connectivity index (χ1) is 14.3. The first kappa shape index (κ1) is 18.2. The normalized spacial score (nSPS) is 16.3. The zero-order chi connectivity index (χ0) is 19.6. The Labute approximate surface area is 173 Å². The highest BCUT2D eigenvalue weighted by atomic mass is 32.1. The van der Waals surface area contributed by atoms with Crippen molar-refractivity contribution in [2.45, 2.75) is 19.0 Å². The van der Waals surface area contributed by atoms with Crippen LogP contribution < -0.4 is 14.8 Å². The third kappa shape index (κ3) is 3.73. The quantitative estimate of drug-likeness (QED) is 0.696. The number of nitrogens with zero attached hydrogens (tertiary/aromatic N) is 1. The Morgan fingerprint density at radius 2 is 1.93 bits per heavy atom. The molecular formula is C23H22N2O3S. The molecule has 1 atom stereocenters. The summed E-state index contributed by atoms with van der Waals surface area (Å²) in [5, 5.41) is 5.23. The molecule has 148 valence electrons. The summed E-state index contributed by atoms with van der Waals surface area (Å²) in [6.45, 7) is 2.66. The molecule has 5 rings (SSSR count). The minimum absolute atomic E-state index is 0.0951. The van der Waals surface area contributed by atoms with Crippen LogP contribution in [0.1, 0.15) is 32.4 Å². The lowest BCUT2D eigenvalue weighted by Crippen LogP contribution is -2.40. The molecule has 6 heteroatoms. The molecule has 2 aliphatic rings. The van der Waals surface area contributed by atoms with Crippen LogP contribution in [0.25, 0.3) is 0 Å². The van der Waals surface area contributed by atoms with Gasteiger partial charge in [-0.3, -0.25) is 9.69 Å². The van der Waals surface area contributed by atoms with Crippen LogP contribution in [0.5, 0.6) is 11.5 Å². The third-order valence-corrected chi connectivity index (χ3v) is 6.54. The number of ether oxygens (including phenoxy) is 2. The van der Waals surface area contributed by atoms with Gasteiger partial charge in [-0.15, -0.1) is 11.3 Å². The van der Waals surface area contributed by atoms with E-state index in [1.165, 1.54) is 16.0 Å². The van der Waals surface area contributed by atoms with Crippen molar-refractivity contribution in [3.05, 3.63) is 81.5 Å². The number of benzene rings is 2. The van der Waals surface area contributed by atoms with Gasteiger partial charge in [0.25, 0.3) is 5.91 Å². The number of thiophene rings is 1. The molecule has 2 aliphatic heterocycles. The third-order valence-electron chi connectivity index (χ3n) is 5.56. The van der Waals surface area contributed by atoms with E-state index >= 15 is 0 Å². The monoisotopic (exact) mass is 406 g/mol. The largest absolute Gasteiger partial charge is 0.454 e. The van der Waals surface area contributed by atoms with Crippen LogP contribution >= 0.6 is 11.3 Å². The molecule has 5 nitrogen and oxygen atoms in total. The Balaban J connectivity index is 1.32. The fourth-order valence-electron chi connectivity index (χ4n) is 4.00. The van der Waals surface area contributed by atoms with E-state index in [4.69, 9.17) is 9.47 Å². The number of hydrogen-bond donors (Lipinski definition) is 1. The molecular weight excluding hydrogens is 384 g/mol. The molecule has 0 radical (unpaired) electrons. The van der Waals surface area contributed by atoms with Gasteiger partial charge in [0.15, 0.2) is 11.5 Å². The van der Waals surface area contributed by atoms with E-state index in [9.17, 15) is 4.79 Å². The van der Waals surface area contributed by atoms with Crippen molar-refractivity contribution in [3.63, 3.8) is 0 Å². The van der Waals surface area contributed by atoms with Gasteiger partial charge in [-0.2, -0.15) is 0 Å². The molecule has 3 aromatic rings. The highest BCUT2D eigenvalue weighted by molar-refractivity contribution is 7.10. The topological polar surface area (TPSA) is 50.8 Å². The van der Waals surface area contributed by atoms with Gasteiger partial charge in [0.1, 0.15) is 0 Å². The van der Waals surface area contributed by atoms with E-state index in [0.717, 1.165) is 19.5 Å². The number of nitrogens with one attached hydrogen (secondary N) is 1. The van der Waals surface area contributed by atoms with Gasteiger partial charge < -0.3 is 14.8 Å². The molecule has 0 saturated carbocycles. The van der Waals surface area contributed by atoms with E-state index in [0.29, 0.717) is 23.6 Å². The number of fused-ring (bicyclic) bond motifs is 2. The van der Waals surface area contributed by atoms with Crippen LogP contribution in [0.2, 0.25) is 0 Å². The Kier molecular flexibility index (Phi) is 4.96. The SMILES string of the molecule is O=C(NCC(c1cccs1)N1CCc2ccccc2C1)c1ccc2c(c1)OCO2. The molecule has 2 aromatic carbocycles. The van der Waals surface area contributed by atoms with Gasteiger partial charge in [-0.05, 0) is 47.2 Å². The molecule has 0 spiro atoms. The molecule has 1 unspecified atom stereocenters. The number of carbonyl (C=O) groups is 1. The number of amides is 1. The van der Waals surface area contributed by atoms with Gasteiger partial charge in [0.2, 0.25) is 6.79 Å². The van der Waals surface area contributed by atoms with Gasteiger partial charge in [-0.25, -0.2) is 0 Å². The standard InChI is InChI=1S/C23H22N2O3S/c26-23(17-7-8-20-21(12-17)28-15-27-20)24-13-19(22-6-3-11-29-22)25-10-9-16-4-1-2-5-18(16)14-25/h1-8,11-12,19H,9-10,13-15H2,(H,24,26). The predicted molar refractivity (Wildman–Crippen MR) is 113 cm³/mol. The highest BCUT2D eigenvalue weighted by Gasteiger charge is 2.26. The molecule has 29 heavy (non-hydrogen) atoms. The Morgan fingerprint density at radius 3 is 2.79 bits per heavy atom. The maximum Gasteiger partial charge on any atom is 0.251 e. The number of rotatable bonds is 5. The fourth-order valence-corrected chi connectivity index (χ4v) is 4.86. The molecule has 0 saturated heterocycles. The smallest absolute Gasteiger partial charge is 0.251 e. The fraction of sp³-hybridized carbons (Fsp3) is 0.261. The van der Waals surface area contributed by atoms with Crippen LogP contribution in [0.4, 0.5) is 0 Å². The molecule has 0 bridgehead atoms. The lowest BCUT2D eigenvalue weighted by atomic mass is 9.98. The maximum absolute atomic E-state index is 12.8. The van der Waals surface area contributed by atoms with E-state index in [-0.39, 0.29) is 18.7 Å². The van der Waals surface area contributed by atoms with E-state index in [1.54, 1.807) is 29.5 Å². The first-order valence-electron chi connectivity index (χ1n) is 9.80. The molecule has 0 aliphatic carbocycles. The second kappa shape index (κ2) is 7.89. The predicted octanol–water partition coefficient (Wildman–Crippen LogP) is 4.01. The van der Waals surface area contributed by atoms with E-state index in [1.807, 2.05) is 0 Å². The summed E-state index contributed by atoms with van der Waals surface area (Å²) in [5.41, 5.74) is 3.39. The summed E-state index contributed by atoms with van der Waals surface area (Å²) in [4.78, 5) is 16.5. The summed E-state index contributed by atoms with van der Waals surface area (Å²) in [6, 6.07) is 18.3. The van der Waals surface area contributed by atoms with Crippen molar-refractivity contribution < 1.29 is 14.3 Å². The Bertz CT molecular complexity index is 1020. The van der Waals surface area contributed by atoms with E-state index < -0.39 is 0 Å². The summed E-state index contributed by atoms with van der Waals surface area (Å²) >= 11 is 1.74. The van der Waals surface area contributed by atoms with Crippen LogP contribution in [0.3, 0.4) is 0 Å². The average molecular weight is 407 g/mol. The highest BCUT2D eigenvalue weighted by Crippen LogP contribution is 2.33. The van der Waals surface area contributed by atoms with Gasteiger partial charge in [0.05, 0.1) is 6.04 Å². The average Bonchev–Trinajstić information content (AvgIpc) is 3.45. The van der Waals surface area contributed by atoms with Gasteiger partial charge in [-0.1, -0.05) is 30.3 Å². The van der Waals surface area contributed by atoms with Gasteiger partial charge >= 0.3 is 0 Å². The molecule has 1 N–H and O–H groups in total.